The van der Waals surface area contributed by atoms with Gasteiger partial charge in [0, 0.05) is 16.8 Å². The highest BCUT2D eigenvalue weighted by molar-refractivity contribution is 6.09. The van der Waals surface area contributed by atoms with Crippen LogP contribution in [0.15, 0.2) is 60.4 Å². The van der Waals surface area contributed by atoms with Gasteiger partial charge in [-0.25, -0.2) is 4.79 Å². The molecule has 3 rings (SSSR count). The highest BCUT2D eigenvalue weighted by Crippen LogP contribution is 2.26. The Morgan fingerprint density at radius 3 is 2.64 bits per heavy atom. The predicted molar refractivity (Wildman–Crippen MR) is 109 cm³/mol. The van der Waals surface area contributed by atoms with E-state index >= 15 is 0 Å². The summed E-state index contributed by atoms with van der Waals surface area (Å²) < 4.78 is 10.8. The number of anilines is 1. The fourth-order valence-electron chi connectivity index (χ4n) is 2.69. The van der Waals surface area contributed by atoms with E-state index in [0.29, 0.717) is 29.2 Å². The van der Waals surface area contributed by atoms with Crippen LogP contribution in [0.2, 0.25) is 0 Å². The van der Waals surface area contributed by atoms with Gasteiger partial charge in [-0.05, 0) is 61.4 Å². The number of ether oxygens (including phenoxy) is 2. The Hall–Kier alpha value is -3.34. The van der Waals surface area contributed by atoms with Crippen molar-refractivity contribution in [3.8, 4) is 5.75 Å². The maximum Gasteiger partial charge on any atom is 0.338 e. The zero-order valence-electron chi connectivity index (χ0n) is 16.0. The van der Waals surface area contributed by atoms with Crippen LogP contribution in [-0.2, 0) is 9.53 Å². The first-order valence-electron chi connectivity index (χ1n) is 9.31. The first kappa shape index (κ1) is 19.4. The van der Waals surface area contributed by atoms with Crippen LogP contribution in [0.25, 0.3) is 6.08 Å². The quantitative estimate of drug-likeness (QED) is 0.576. The van der Waals surface area contributed by atoms with Crippen molar-refractivity contribution < 1.29 is 19.1 Å². The fraction of sp³-hybridized carbons (Fsp3) is 0.217. The van der Waals surface area contributed by atoms with E-state index in [1.54, 1.807) is 36.4 Å². The maximum atomic E-state index is 12.6. The van der Waals surface area contributed by atoms with Crippen LogP contribution < -0.4 is 10.1 Å². The van der Waals surface area contributed by atoms with Crippen molar-refractivity contribution in [1.29, 1.82) is 0 Å². The Morgan fingerprint density at radius 2 is 1.89 bits per heavy atom. The number of carbonyl (C=O) groups is 2. The monoisotopic (exact) mass is 377 g/mol. The minimum atomic E-state index is -0.357. The molecule has 1 heterocycles. The minimum Gasteiger partial charge on any atom is -0.464 e. The van der Waals surface area contributed by atoms with Crippen LogP contribution in [0.1, 0.15) is 41.3 Å². The summed E-state index contributed by atoms with van der Waals surface area (Å²) in [5.74, 6) is 0.0984. The highest BCUT2D eigenvalue weighted by Gasteiger charge is 2.13. The molecule has 0 aliphatic carbocycles. The molecule has 0 saturated carbocycles. The molecule has 28 heavy (non-hydrogen) atoms. The number of nitrogens with one attached hydrogen (secondary N) is 1. The van der Waals surface area contributed by atoms with Crippen molar-refractivity contribution in [2.24, 2.45) is 0 Å². The van der Waals surface area contributed by atoms with Gasteiger partial charge in [-0.3, -0.25) is 4.79 Å². The summed E-state index contributed by atoms with van der Waals surface area (Å²) in [6.45, 7) is 4.44. The number of amides is 1. The van der Waals surface area contributed by atoms with Gasteiger partial charge >= 0.3 is 5.97 Å². The summed E-state index contributed by atoms with van der Waals surface area (Å²) in [5, 5.41) is 2.83. The molecule has 0 radical (unpaired) electrons. The predicted octanol–water partition coefficient (Wildman–Crippen LogP) is 4.88. The second kappa shape index (κ2) is 9.04. The van der Waals surface area contributed by atoms with Gasteiger partial charge in [-0.15, -0.1) is 0 Å². The minimum absolute atomic E-state index is 0.258. The van der Waals surface area contributed by atoms with Crippen molar-refractivity contribution in [2.75, 3.05) is 11.9 Å². The van der Waals surface area contributed by atoms with E-state index in [0.717, 1.165) is 24.0 Å². The first-order valence-corrected chi connectivity index (χ1v) is 9.31. The summed E-state index contributed by atoms with van der Waals surface area (Å²) in [6, 6.07) is 12.5. The van der Waals surface area contributed by atoms with Crippen LogP contribution >= 0.6 is 0 Å². The molecule has 0 bridgehead atoms. The van der Waals surface area contributed by atoms with Crippen molar-refractivity contribution in [3.63, 3.8) is 0 Å². The maximum absolute atomic E-state index is 12.6. The van der Waals surface area contributed by atoms with Gasteiger partial charge in [0.15, 0.2) is 0 Å². The zero-order valence-corrected chi connectivity index (χ0v) is 16.0. The van der Waals surface area contributed by atoms with Crippen LogP contribution in [0.5, 0.6) is 5.75 Å². The largest absolute Gasteiger partial charge is 0.464 e. The number of hydrogen-bond acceptors (Lipinski definition) is 4. The Balaban J connectivity index is 1.67. The van der Waals surface area contributed by atoms with Crippen molar-refractivity contribution >= 4 is 23.6 Å². The van der Waals surface area contributed by atoms with Crippen LogP contribution in [0, 0.1) is 6.92 Å². The molecule has 0 fully saturated rings. The van der Waals surface area contributed by atoms with Crippen molar-refractivity contribution in [3.05, 3.63) is 77.1 Å². The smallest absolute Gasteiger partial charge is 0.338 e. The topological polar surface area (TPSA) is 64.6 Å². The lowest BCUT2D eigenvalue weighted by Crippen LogP contribution is -2.13. The van der Waals surface area contributed by atoms with Gasteiger partial charge in [0.2, 0.25) is 0 Å². The second-order valence-electron chi connectivity index (χ2n) is 6.58. The first-order chi connectivity index (χ1) is 13.6. The van der Waals surface area contributed by atoms with E-state index in [4.69, 9.17) is 9.47 Å². The van der Waals surface area contributed by atoms with Crippen LogP contribution in [-0.4, -0.2) is 18.5 Å². The number of benzene rings is 2. The van der Waals surface area contributed by atoms with Gasteiger partial charge in [-0.1, -0.05) is 25.5 Å². The molecular formula is C23H23NO4. The molecule has 144 valence electrons. The number of esters is 1. The van der Waals surface area contributed by atoms with Gasteiger partial charge < -0.3 is 14.8 Å². The Kier molecular flexibility index (Phi) is 6.27. The number of fused-ring (bicyclic) bond motifs is 1. The average molecular weight is 377 g/mol. The zero-order chi connectivity index (χ0) is 19.9. The number of rotatable bonds is 6. The molecule has 1 aliphatic rings. The molecule has 2 aromatic rings. The van der Waals surface area contributed by atoms with Crippen LogP contribution in [0.3, 0.4) is 0 Å². The molecular weight excluding hydrogens is 354 g/mol. The Bertz CT molecular complexity index is 926. The van der Waals surface area contributed by atoms with Gasteiger partial charge in [0.05, 0.1) is 18.4 Å². The second-order valence-corrected chi connectivity index (χ2v) is 6.58. The molecule has 1 aliphatic heterocycles. The fourth-order valence-corrected chi connectivity index (χ4v) is 2.69. The summed E-state index contributed by atoms with van der Waals surface area (Å²) >= 11 is 0. The lowest BCUT2D eigenvalue weighted by molar-refractivity contribution is -0.112. The number of carbonyl (C=O) groups excluding carboxylic acids is 2. The summed E-state index contributed by atoms with van der Waals surface area (Å²) in [4.78, 5) is 24.6. The van der Waals surface area contributed by atoms with Gasteiger partial charge in [0.1, 0.15) is 5.75 Å². The number of unbranched alkanes of at least 4 members (excludes halogenated alkanes) is 1. The van der Waals surface area contributed by atoms with Gasteiger partial charge in [0.25, 0.3) is 5.91 Å². The van der Waals surface area contributed by atoms with E-state index < -0.39 is 0 Å². The third-order valence-corrected chi connectivity index (χ3v) is 4.29. The van der Waals surface area contributed by atoms with Gasteiger partial charge in [-0.2, -0.15) is 0 Å². The standard InChI is InChI=1S/C23H23NO4/c1-3-4-12-28-23(26)17-7-9-20(10-8-17)24-22(25)19-11-13-27-21-14-16(2)5-6-18(21)15-19/h5-11,13-15H,3-4,12H2,1-2H3,(H,24,25). The summed E-state index contributed by atoms with van der Waals surface area (Å²) in [7, 11) is 0. The van der Waals surface area contributed by atoms with E-state index in [-0.39, 0.29) is 11.9 Å². The summed E-state index contributed by atoms with van der Waals surface area (Å²) in [6.07, 6.45) is 6.73. The van der Waals surface area contributed by atoms with Crippen LogP contribution in [0.4, 0.5) is 5.69 Å². The molecule has 0 atom stereocenters. The van der Waals surface area contributed by atoms with Crippen molar-refractivity contribution in [2.45, 2.75) is 26.7 Å². The molecule has 1 amide bonds. The van der Waals surface area contributed by atoms with E-state index in [1.807, 2.05) is 32.0 Å². The molecule has 5 nitrogen and oxygen atoms in total. The Morgan fingerprint density at radius 1 is 1.11 bits per heavy atom. The molecule has 0 aromatic heterocycles. The molecule has 2 aromatic carbocycles. The lowest BCUT2D eigenvalue weighted by atomic mass is 10.1. The molecule has 0 spiro atoms. The highest BCUT2D eigenvalue weighted by atomic mass is 16.5. The van der Waals surface area contributed by atoms with E-state index in [1.165, 1.54) is 6.26 Å². The lowest BCUT2D eigenvalue weighted by Gasteiger charge is -2.07. The normalized spacial score (nSPS) is 12.3. The third-order valence-electron chi connectivity index (χ3n) is 4.29. The average Bonchev–Trinajstić information content (AvgIpc) is 2.90. The Labute approximate surface area is 164 Å². The number of aryl methyl sites for hydroxylation is 1. The molecule has 0 unspecified atom stereocenters. The molecule has 1 N–H and O–H groups in total. The van der Waals surface area contributed by atoms with E-state index in [2.05, 4.69) is 5.32 Å². The third kappa shape index (κ3) is 4.88. The summed E-state index contributed by atoms with van der Waals surface area (Å²) in [5.41, 5.74) is 3.46. The number of hydrogen-bond donors (Lipinski definition) is 1. The SMILES string of the molecule is CCCCOC(=O)c1ccc(NC(=O)C2=Cc3ccc(C)cc3OC=C2)cc1. The van der Waals surface area contributed by atoms with Crippen molar-refractivity contribution in [1.82, 2.24) is 0 Å². The molecule has 0 saturated heterocycles. The van der Waals surface area contributed by atoms with E-state index in [9.17, 15) is 9.59 Å². The molecule has 5 heteroatoms.